The predicted octanol–water partition coefficient (Wildman–Crippen LogP) is 2.29. The van der Waals surface area contributed by atoms with Crippen molar-refractivity contribution in [2.45, 2.75) is 30.7 Å². The number of hydrogen-bond donors (Lipinski definition) is 1. The lowest BCUT2D eigenvalue weighted by molar-refractivity contribution is -0.677. The van der Waals surface area contributed by atoms with E-state index < -0.39 is 10.9 Å². The van der Waals surface area contributed by atoms with Crippen molar-refractivity contribution in [2.24, 2.45) is 7.05 Å². The van der Waals surface area contributed by atoms with Gasteiger partial charge >= 0.3 is 5.97 Å². The third kappa shape index (κ3) is 3.80. The SMILES string of the molecule is Cc1n(CCOC(=O)C(c2ccccc2)C2(O)CC=CS2)cc[n+]1C. The van der Waals surface area contributed by atoms with Gasteiger partial charge in [0.25, 0.3) is 5.82 Å². The molecule has 0 fully saturated rings. The van der Waals surface area contributed by atoms with E-state index in [1.807, 2.05) is 77.3 Å². The third-order valence-corrected chi connectivity index (χ3v) is 5.71. The number of carbonyl (C=O) groups excluding carboxylic acids is 1. The molecule has 0 aliphatic carbocycles. The molecule has 0 spiro atoms. The standard InChI is InChI=1S/C19H23N2O3S/c1-15-20(2)10-11-21(15)12-13-24-18(22)17(16-7-4-3-5-8-16)19(23)9-6-14-25-19/h3-8,10-11,14,17,23H,9,12-13H2,1-2H3/q+1. The van der Waals surface area contributed by atoms with Crippen molar-refractivity contribution in [1.29, 1.82) is 0 Å². The minimum absolute atomic E-state index is 0.270. The van der Waals surface area contributed by atoms with E-state index >= 15 is 0 Å². The van der Waals surface area contributed by atoms with Crippen molar-refractivity contribution < 1.29 is 19.2 Å². The van der Waals surface area contributed by atoms with Crippen molar-refractivity contribution in [1.82, 2.24) is 4.57 Å². The molecule has 5 nitrogen and oxygen atoms in total. The monoisotopic (exact) mass is 359 g/mol. The lowest BCUT2D eigenvalue weighted by Crippen LogP contribution is -2.37. The molecular formula is C19H23N2O3S+. The van der Waals surface area contributed by atoms with Crippen LogP contribution in [0.4, 0.5) is 0 Å². The number of aliphatic hydroxyl groups is 1. The molecule has 0 saturated carbocycles. The molecule has 1 aromatic heterocycles. The van der Waals surface area contributed by atoms with Crippen LogP contribution < -0.4 is 4.57 Å². The first-order valence-electron chi connectivity index (χ1n) is 8.29. The summed E-state index contributed by atoms with van der Waals surface area (Å²) < 4.78 is 9.58. The van der Waals surface area contributed by atoms with Gasteiger partial charge in [0.1, 0.15) is 36.4 Å². The number of ether oxygens (including phenoxy) is 1. The molecule has 1 aromatic carbocycles. The van der Waals surface area contributed by atoms with Gasteiger partial charge in [-0.2, -0.15) is 0 Å². The highest BCUT2D eigenvalue weighted by molar-refractivity contribution is 8.03. The molecule has 0 saturated heterocycles. The molecule has 0 radical (unpaired) electrons. The maximum atomic E-state index is 12.8. The number of nitrogens with zero attached hydrogens (tertiary/aromatic N) is 2. The molecule has 2 atom stereocenters. The average molecular weight is 359 g/mol. The number of benzene rings is 1. The Labute approximate surface area is 151 Å². The lowest BCUT2D eigenvalue weighted by Gasteiger charge is -2.30. The molecule has 1 aliphatic rings. The van der Waals surface area contributed by atoms with Crippen molar-refractivity contribution in [3.63, 3.8) is 0 Å². The summed E-state index contributed by atoms with van der Waals surface area (Å²) in [4.78, 5) is 11.6. The molecule has 3 rings (SSSR count). The number of aryl methyl sites for hydroxylation is 1. The summed E-state index contributed by atoms with van der Waals surface area (Å²) in [6.45, 7) is 2.87. The Balaban J connectivity index is 1.70. The first-order chi connectivity index (χ1) is 12.0. The number of thioether (sulfide) groups is 1. The van der Waals surface area contributed by atoms with Gasteiger partial charge < -0.3 is 9.84 Å². The Morgan fingerprint density at radius 2 is 2.20 bits per heavy atom. The van der Waals surface area contributed by atoms with Crippen molar-refractivity contribution in [3.8, 4) is 0 Å². The fourth-order valence-corrected chi connectivity index (χ4v) is 4.00. The number of aromatic nitrogens is 2. The number of imidazole rings is 1. The van der Waals surface area contributed by atoms with Crippen LogP contribution in [0.1, 0.15) is 23.7 Å². The van der Waals surface area contributed by atoms with Gasteiger partial charge in [-0.3, -0.25) is 4.79 Å². The van der Waals surface area contributed by atoms with Crippen LogP contribution in [-0.2, 0) is 23.1 Å². The first kappa shape index (κ1) is 17.8. The molecule has 1 aliphatic heterocycles. The van der Waals surface area contributed by atoms with Crippen LogP contribution in [0.2, 0.25) is 0 Å². The van der Waals surface area contributed by atoms with Crippen molar-refractivity contribution in [3.05, 3.63) is 65.6 Å². The summed E-state index contributed by atoms with van der Waals surface area (Å²) in [5, 5.41) is 12.8. The second kappa shape index (κ2) is 7.45. The van der Waals surface area contributed by atoms with Crippen LogP contribution in [0.5, 0.6) is 0 Å². The van der Waals surface area contributed by atoms with Crippen molar-refractivity contribution in [2.75, 3.05) is 6.61 Å². The van der Waals surface area contributed by atoms with Crippen LogP contribution in [0, 0.1) is 6.92 Å². The minimum Gasteiger partial charge on any atom is -0.461 e. The zero-order chi connectivity index (χ0) is 17.9. The maximum absolute atomic E-state index is 12.8. The first-order valence-corrected chi connectivity index (χ1v) is 9.17. The Morgan fingerprint density at radius 3 is 2.80 bits per heavy atom. The Bertz CT molecular complexity index is 762. The molecule has 25 heavy (non-hydrogen) atoms. The highest BCUT2D eigenvalue weighted by Crippen LogP contribution is 2.45. The molecule has 6 heteroatoms. The maximum Gasteiger partial charge on any atom is 0.317 e. The molecule has 2 unspecified atom stereocenters. The fraction of sp³-hybridized carbons (Fsp3) is 0.368. The smallest absolute Gasteiger partial charge is 0.317 e. The zero-order valence-corrected chi connectivity index (χ0v) is 15.3. The summed E-state index contributed by atoms with van der Waals surface area (Å²) in [6, 6.07) is 9.35. The fourth-order valence-electron chi connectivity index (χ4n) is 3.01. The Hall–Kier alpha value is -2.05. The molecule has 0 bridgehead atoms. The molecule has 0 amide bonds. The zero-order valence-electron chi connectivity index (χ0n) is 14.5. The van der Waals surface area contributed by atoms with E-state index in [2.05, 4.69) is 0 Å². The normalized spacial score (nSPS) is 20.6. The summed E-state index contributed by atoms with van der Waals surface area (Å²) in [7, 11) is 1.98. The number of rotatable bonds is 6. The van der Waals surface area contributed by atoms with Crippen LogP contribution in [-0.4, -0.2) is 27.2 Å². The van der Waals surface area contributed by atoms with Crippen molar-refractivity contribution >= 4 is 17.7 Å². The van der Waals surface area contributed by atoms with Gasteiger partial charge in [0.15, 0.2) is 0 Å². The Morgan fingerprint density at radius 1 is 1.44 bits per heavy atom. The summed E-state index contributed by atoms with van der Waals surface area (Å²) >= 11 is 1.28. The molecule has 2 heterocycles. The average Bonchev–Trinajstić information content (AvgIpc) is 3.17. The highest BCUT2D eigenvalue weighted by Gasteiger charge is 2.44. The van der Waals surface area contributed by atoms with Gasteiger partial charge in [-0.05, 0) is 11.0 Å². The van der Waals surface area contributed by atoms with E-state index in [-0.39, 0.29) is 12.6 Å². The third-order valence-electron chi connectivity index (χ3n) is 4.57. The second-order valence-electron chi connectivity index (χ2n) is 6.20. The largest absolute Gasteiger partial charge is 0.461 e. The van der Waals surface area contributed by atoms with E-state index in [9.17, 15) is 9.90 Å². The topological polar surface area (TPSA) is 55.3 Å². The summed E-state index contributed by atoms with van der Waals surface area (Å²) in [6.07, 6.45) is 6.24. The Kier molecular flexibility index (Phi) is 5.30. The van der Waals surface area contributed by atoms with Gasteiger partial charge in [0.05, 0.1) is 7.05 Å². The molecule has 1 N–H and O–H groups in total. The highest BCUT2D eigenvalue weighted by atomic mass is 32.2. The van der Waals surface area contributed by atoms with Crippen LogP contribution in [0.15, 0.2) is 54.2 Å². The molecular weight excluding hydrogens is 336 g/mol. The van der Waals surface area contributed by atoms with E-state index in [0.29, 0.717) is 13.0 Å². The van der Waals surface area contributed by atoms with Gasteiger partial charge in [0, 0.05) is 13.3 Å². The second-order valence-corrected chi connectivity index (χ2v) is 7.41. The minimum atomic E-state index is -1.19. The van der Waals surface area contributed by atoms with Gasteiger partial charge in [0.2, 0.25) is 0 Å². The van der Waals surface area contributed by atoms with E-state index in [4.69, 9.17) is 4.74 Å². The predicted molar refractivity (Wildman–Crippen MR) is 96.8 cm³/mol. The molecule has 2 aromatic rings. The van der Waals surface area contributed by atoms with E-state index in [1.54, 1.807) is 0 Å². The molecule has 132 valence electrons. The van der Waals surface area contributed by atoms with Crippen LogP contribution in [0.25, 0.3) is 0 Å². The lowest BCUT2D eigenvalue weighted by atomic mass is 9.91. The van der Waals surface area contributed by atoms with Gasteiger partial charge in [-0.15, -0.1) is 0 Å². The van der Waals surface area contributed by atoms with Crippen LogP contribution in [0.3, 0.4) is 0 Å². The van der Waals surface area contributed by atoms with Gasteiger partial charge in [-0.1, -0.05) is 48.2 Å². The van der Waals surface area contributed by atoms with E-state index in [1.165, 1.54) is 11.8 Å². The number of esters is 1. The quantitative estimate of drug-likeness (QED) is 0.635. The number of hydrogen-bond acceptors (Lipinski definition) is 4. The van der Waals surface area contributed by atoms with Crippen LogP contribution >= 0.6 is 11.8 Å². The van der Waals surface area contributed by atoms with Gasteiger partial charge in [-0.25, -0.2) is 9.13 Å². The summed E-state index contributed by atoms with van der Waals surface area (Å²) in [5.41, 5.74) is 0.773. The summed E-state index contributed by atoms with van der Waals surface area (Å²) in [5.74, 6) is -0.0144. The van der Waals surface area contributed by atoms with E-state index in [0.717, 1.165) is 11.4 Å². The number of carbonyl (C=O) groups is 1.